The van der Waals surface area contributed by atoms with Crippen molar-refractivity contribution in [1.29, 1.82) is 0 Å². The van der Waals surface area contributed by atoms with Gasteiger partial charge in [0.1, 0.15) is 29.6 Å². The summed E-state index contributed by atoms with van der Waals surface area (Å²) >= 11 is 0. The van der Waals surface area contributed by atoms with Crippen molar-refractivity contribution in [3.8, 4) is 28.4 Å². The number of methoxy groups -OCH3 is 2. The van der Waals surface area contributed by atoms with E-state index in [1.165, 1.54) is 13.4 Å². The predicted octanol–water partition coefficient (Wildman–Crippen LogP) is 4.31. The Labute approximate surface area is 169 Å². The smallest absolute Gasteiger partial charge is 0.204 e. The molecule has 0 aliphatic heterocycles. The van der Waals surface area contributed by atoms with Crippen LogP contribution in [0.1, 0.15) is 19.4 Å². The van der Waals surface area contributed by atoms with Gasteiger partial charge in [-0.3, -0.25) is 4.79 Å². The summed E-state index contributed by atoms with van der Waals surface area (Å²) in [5, 5.41) is 9.72. The molecule has 0 aliphatic carbocycles. The Balaban J connectivity index is 2.11. The summed E-state index contributed by atoms with van der Waals surface area (Å²) in [6.45, 7) is 4.20. The van der Waals surface area contributed by atoms with Gasteiger partial charge < -0.3 is 23.7 Å². The van der Waals surface area contributed by atoms with Gasteiger partial charge in [0.05, 0.1) is 26.4 Å². The number of fused-ring (bicyclic) bond motifs is 1. The van der Waals surface area contributed by atoms with Crippen LogP contribution in [-0.2, 0) is 6.61 Å². The van der Waals surface area contributed by atoms with Crippen LogP contribution < -0.4 is 19.6 Å². The van der Waals surface area contributed by atoms with Crippen molar-refractivity contribution < 1.29 is 23.7 Å². The van der Waals surface area contributed by atoms with E-state index in [9.17, 15) is 9.90 Å². The van der Waals surface area contributed by atoms with Crippen LogP contribution in [0.4, 0.5) is 0 Å². The molecule has 0 unspecified atom stereocenters. The Morgan fingerprint density at radius 3 is 2.48 bits per heavy atom. The van der Waals surface area contributed by atoms with Crippen LogP contribution in [0.3, 0.4) is 0 Å². The maximum atomic E-state index is 13.2. The first-order valence-electron chi connectivity index (χ1n) is 9.16. The minimum atomic E-state index is -0.229. The van der Waals surface area contributed by atoms with E-state index in [1.54, 1.807) is 37.4 Å². The van der Waals surface area contributed by atoms with Crippen molar-refractivity contribution >= 4 is 11.0 Å². The van der Waals surface area contributed by atoms with E-state index in [1.807, 2.05) is 19.9 Å². The fourth-order valence-electron chi connectivity index (χ4n) is 2.98. The topological polar surface area (TPSA) is 78.1 Å². The van der Waals surface area contributed by atoms with Crippen molar-refractivity contribution in [3.63, 3.8) is 0 Å². The average Bonchev–Trinajstić information content (AvgIpc) is 2.72. The van der Waals surface area contributed by atoms with Crippen LogP contribution in [0.5, 0.6) is 17.2 Å². The average molecular weight is 396 g/mol. The lowest BCUT2D eigenvalue weighted by atomic mass is 10.0. The van der Waals surface area contributed by atoms with Gasteiger partial charge in [-0.15, -0.1) is 0 Å². The fraction of sp³-hybridized carbons (Fsp3) is 0.261. The summed E-state index contributed by atoms with van der Waals surface area (Å²) < 4.78 is 22.2. The predicted molar refractivity (Wildman–Crippen MR) is 112 cm³/mol. The molecule has 0 saturated heterocycles. The summed E-state index contributed by atoms with van der Waals surface area (Å²) in [6, 6.07) is 8.54. The number of rotatable bonds is 7. The largest absolute Gasteiger partial charge is 0.496 e. The van der Waals surface area contributed by atoms with Gasteiger partial charge in [0.15, 0.2) is 11.5 Å². The minimum Gasteiger partial charge on any atom is -0.496 e. The van der Waals surface area contributed by atoms with Gasteiger partial charge in [0.25, 0.3) is 0 Å². The Morgan fingerprint density at radius 1 is 1.07 bits per heavy atom. The van der Waals surface area contributed by atoms with Crippen LogP contribution in [-0.4, -0.2) is 25.9 Å². The van der Waals surface area contributed by atoms with Crippen LogP contribution >= 0.6 is 0 Å². The molecule has 6 nitrogen and oxygen atoms in total. The molecule has 1 N–H and O–H groups in total. The number of hydrogen-bond acceptors (Lipinski definition) is 6. The first kappa shape index (κ1) is 20.5. The Hall–Kier alpha value is -3.25. The molecule has 1 heterocycles. The van der Waals surface area contributed by atoms with E-state index in [-0.39, 0.29) is 12.0 Å². The summed E-state index contributed by atoms with van der Waals surface area (Å²) in [5.41, 5.74) is 2.89. The molecule has 0 atom stereocenters. The second-order valence-electron chi connectivity index (χ2n) is 6.77. The van der Waals surface area contributed by atoms with Gasteiger partial charge in [0, 0.05) is 0 Å². The molecule has 0 aliphatic rings. The zero-order chi connectivity index (χ0) is 21.0. The molecule has 3 rings (SSSR count). The Morgan fingerprint density at radius 2 is 1.83 bits per heavy atom. The number of hydrogen-bond donors (Lipinski definition) is 1. The van der Waals surface area contributed by atoms with Gasteiger partial charge in [-0.25, -0.2) is 0 Å². The number of aliphatic hydroxyl groups is 1. The van der Waals surface area contributed by atoms with Crippen LogP contribution in [0.15, 0.2) is 57.5 Å². The first-order chi connectivity index (χ1) is 14.0. The number of allylic oxidation sites excluding steroid dienone is 1. The maximum absolute atomic E-state index is 13.2. The number of aliphatic hydroxyl groups excluding tert-OH is 1. The van der Waals surface area contributed by atoms with E-state index < -0.39 is 0 Å². The fourth-order valence-corrected chi connectivity index (χ4v) is 2.98. The lowest BCUT2D eigenvalue weighted by Crippen LogP contribution is -2.07. The van der Waals surface area contributed by atoms with Gasteiger partial charge >= 0.3 is 0 Å². The summed E-state index contributed by atoms with van der Waals surface area (Å²) in [4.78, 5) is 13.2. The number of ether oxygens (including phenoxy) is 3. The molecule has 0 saturated carbocycles. The highest BCUT2D eigenvalue weighted by Crippen LogP contribution is 2.33. The third-order valence-corrected chi connectivity index (χ3v) is 4.51. The van der Waals surface area contributed by atoms with Crippen LogP contribution in [0.25, 0.3) is 22.1 Å². The van der Waals surface area contributed by atoms with E-state index in [2.05, 4.69) is 0 Å². The summed E-state index contributed by atoms with van der Waals surface area (Å²) in [7, 11) is 3.04. The lowest BCUT2D eigenvalue weighted by molar-refractivity contribution is 0.281. The summed E-state index contributed by atoms with van der Waals surface area (Å²) in [5.74, 6) is 1.46. The molecule has 3 aromatic rings. The highest BCUT2D eigenvalue weighted by Gasteiger charge is 2.16. The molecule has 6 heteroatoms. The van der Waals surface area contributed by atoms with Crippen LogP contribution in [0, 0.1) is 0 Å². The molecule has 0 amide bonds. The van der Waals surface area contributed by atoms with Gasteiger partial charge in [-0.2, -0.15) is 0 Å². The van der Waals surface area contributed by atoms with E-state index in [0.717, 1.165) is 5.57 Å². The van der Waals surface area contributed by atoms with E-state index in [4.69, 9.17) is 18.6 Å². The zero-order valence-electron chi connectivity index (χ0n) is 16.9. The molecular formula is C23H24O6. The van der Waals surface area contributed by atoms with E-state index in [0.29, 0.717) is 51.5 Å². The summed E-state index contributed by atoms with van der Waals surface area (Å²) in [6.07, 6.45) is 3.37. The monoisotopic (exact) mass is 396 g/mol. The standard InChI is InChI=1S/C23H24O6/c1-14(2)7-8-28-19-11-16(5-6-18(19)26-3)17-13-29-21-10-15(12-24)9-20(27-4)22(21)23(17)25/h5-7,9-11,13,24H,8,12H2,1-4H3. The molecular weight excluding hydrogens is 372 g/mol. The van der Waals surface area contributed by atoms with Crippen molar-refractivity contribution in [2.45, 2.75) is 20.5 Å². The second kappa shape index (κ2) is 8.84. The molecule has 29 heavy (non-hydrogen) atoms. The van der Waals surface area contributed by atoms with Crippen LogP contribution in [0.2, 0.25) is 0 Å². The SMILES string of the molecule is COc1ccc(-c2coc3cc(CO)cc(OC)c3c2=O)cc1OCC=C(C)C. The maximum Gasteiger partial charge on any atom is 0.204 e. The third-order valence-electron chi connectivity index (χ3n) is 4.51. The Bertz CT molecular complexity index is 1110. The van der Waals surface area contributed by atoms with E-state index >= 15 is 0 Å². The molecule has 0 fully saturated rings. The van der Waals surface area contributed by atoms with Gasteiger partial charge in [0.2, 0.25) is 5.43 Å². The zero-order valence-corrected chi connectivity index (χ0v) is 16.9. The van der Waals surface area contributed by atoms with Gasteiger partial charge in [-0.05, 0) is 55.3 Å². The quantitative estimate of drug-likeness (QED) is 0.600. The highest BCUT2D eigenvalue weighted by molar-refractivity contribution is 5.88. The van der Waals surface area contributed by atoms with Crippen molar-refractivity contribution in [2.75, 3.05) is 20.8 Å². The molecule has 152 valence electrons. The molecule has 2 aromatic carbocycles. The Kier molecular flexibility index (Phi) is 6.24. The number of benzene rings is 2. The molecule has 1 aromatic heterocycles. The molecule has 0 bridgehead atoms. The highest BCUT2D eigenvalue weighted by atomic mass is 16.5. The molecule has 0 spiro atoms. The lowest BCUT2D eigenvalue weighted by Gasteiger charge is -2.12. The van der Waals surface area contributed by atoms with Crippen molar-refractivity contribution in [1.82, 2.24) is 0 Å². The first-order valence-corrected chi connectivity index (χ1v) is 9.16. The minimum absolute atomic E-state index is 0.178. The second-order valence-corrected chi connectivity index (χ2v) is 6.77. The normalized spacial score (nSPS) is 10.7. The van der Waals surface area contributed by atoms with Crippen molar-refractivity contribution in [2.24, 2.45) is 0 Å². The van der Waals surface area contributed by atoms with Gasteiger partial charge in [-0.1, -0.05) is 11.6 Å². The molecule has 0 radical (unpaired) electrons. The third kappa shape index (κ3) is 4.27. The van der Waals surface area contributed by atoms with Crippen molar-refractivity contribution in [3.05, 3.63) is 64.0 Å².